The van der Waals surface area contributed by atoms with Gasteiger partial charge in [0.25, 0.3) is 0 Å². The summed E-state index contributed by atoms with van der Waals surface area (Å²) in [4.78, 5) is 7.08. The number of hydrogen-bond donors (Lipinski definition) is 1. The maximum absolute atomic E-state index is 4.55. The van der Waals surface area contributed by atoms with Crippen LogP contribution >= 0.6 is 0 Å². The number of nitrogens with one attached hydrogen (secondary N) is 1. The number of fused-ring (bicyclic) bond motifs is 1. The van der Waals surface area contributed by atoms with Crippen molar-refractivity contribution in [1.29, 1.82) is 0 Å². The smallest absolute Gasteiger partial charge is 0.106 e. The number of nitrogens with zero attached hydrogens (tertiary/aromatic N) is 3. The molecule has 1 N–H and O–H groups in total. The van der Waals surface area contributed by atoms with Gasteiger partial charge >= 0.3 is 0 Å². The van der Waals surface area contributed by atoms with Gasteiger partial charge in [0.1, 0.15) is 5.82 Å². The number of benzene rings is 1. The summed E-state index contributed by atoms with van der Waals surface area (Å²) < 4.78 is 2.17. The Kier molecular flexibility index (Phi) is 3.53. The lowest BCUT2D eigenvalue weighted by Crippen LogP contribution is -2.44. The van der Waals surface area contributed by atoms with Crippen molar-refractivity contribution in [3.63, 3.8) is 0 Å². The van der Waals surface area contributed by atoms with E-state index in [1.807, 2.05) is 0 Å². The van der Waals surface area contributed by atoms with Crippen LogP contribution in [0.1, 0.15) is 11.4 Å². The van der Waals surface area contributed by atoms with Crippen molar-refractivity contribution in [2.75, 3.05) is 32.7 Å². The first-order chi connectivity index (χ1) is 9.24. The molecule has 0 atom stereocenters. The monoisotopic (exact) mass is 258 g/mol. The molecule has 1 aliphatic heterocycles. The Morgan fingerprint density at radius 1 is 1.26 bits per heavy atom. The standard InChI is InChI=1S/C15H22N4/c1-12-17-14-4-3-13(11-15(14)18(12)2)5-8-19-9-6-16-7-10-19/h3-4,11,16H,5-10H2,1-2H3. The summed E-state index contributed by atoms with van der Waals surface area (Å²) in [7, 11) is 2.09. The largest absolute Gasteiger partial charge is 0.331 e. The molecule has 0 aliphatic carbocycles. The average molecular weight is 258 g/mol. The van der Waals surface area contributed by atoms with Gasteiger partial charge in [-0.15, -0.1) is 0 Å². The molecule has 2 heterocycles. The normalized spacial score (nSPS) is 17.2. The average Bonchev–Trinajstić information content (AvgIpc) is 2.73. The van der Waals surface area contributed by atoms with E-state index in [2.05, 4.69) is 51.9 Å². The molecule has 0 radical (unpaired) electrons. The summed E-state index contributed by atoms with van der Waals surface area (Å²) in [6.07, 6.45) is 1.13. The highest BCUT2D eigenvalue weighted by atomic mass is 15.2. The molecule has 0 amide bonds. The molecule has 1 fully saturated rings. The number of aromatic nitrogens is 2. The third-order valence-corrected chi connectivity index (χ3v) is 4.10. The summed E-state index contributed by atoms with van der Waals surface area (Å²) >= 11 is 0. The molecule has 3 rings (SSSR count). The molecule has 1 saturated heterocycles. The Morgan fingerprint density at radius 3 is 2.84 bits per heavy atom. The van der Waals surface area contributed by atoms with Gasteiger partial charge in [-0.25, -0.2) is 4.98 Å². The van der Waals surface area contributed by atoms with Gasteiger partial charge in [0, 0.05) is 39.8 Å². The third-order valence-electron chi connectivity index (χ3n) is 4.10. The lowest BCUT2D eigenvalue weighted by atomic mass is 10.1. The first-order valence-corrected chi connectivity index (χ1v) is 7.09. The summed E-state index contributed by atoms with van der Waals surface area (Å²) in [5.74, 6) is 1.08. The minimum atomic E-state index is 1.08. The van der Waals surface area contributed by atoms with Gasteiger partial charge in [-0.2, -0.15) is 0 Å². The van der Waals surface area contributed by atoms with E-state index in [1.54, 1.807) is 0 Å². The van der Waals surface area contributed by atoms with Gasteiger partial charge in [0.15, 0.2) is 0 Å². The molecule has 1 aliphatic rings. The zero-order valence-electron chi connectivity index (χ0n) is 11.8. The zero-order chi connectivity index (χ0) is 13.2. The third kappa shape index (κ3) is 2.65. The molecule has 2 aromatic rings. The fraction of sp³-hybridized carbons (Fsp3) is 0.533. The summed E-state index contributed by atoms with van der Waals surface area (Å²) in [6, 6.07) is 6.66. The molecule has 0 bridgehead atoms. The van der Waals surface area contributed by atoms with Crippen LogP contribution in [0.4, 0.5) is 0 Å². The molecule has 1 aromatic heterocycles. The lowest BCUT2D eigenvalue weighted by molar-refractivity contribution is 0.244. The van der Waals surface area contributed by atoms with Crippen LogP contribution in [0.2, 0.25) is 0 Å². The van der Waals surface area contributed by atoms with Crippen LogP contribution in [-0.4, -0.2) is 47.2 Å². The van der Waals surface area contributed by atoms with Crippen molar-refractivity contribution in [3.05, 3.63) is 29.6 Å². The molecule has 1 aromatic carbocycles. The van der Waals surface area contributed by atoms with Crippen LogP contribution < -0.4 is 5.32 Å². The van der Waals surface area contributed by atoms with E-state index in [4.69, 9.17) is 0 Å². The van der Waals surface area contributed by atoms with Crippen molar-refractivity contribution in [2.24, 2.45) is 7.05 Å². The van der Waals surface area contributed by atoms with Gasteiger partial charge in [0.05, 0.1) is 11.0 Å². The van der Waals surface area contributed by atoms with Crippen molar-refractivity contribution >= 4 is 11.0 Å². The predicted molar refractivity (Wildman–Crippen MR) is 78.5 cm³/mol. The summed E-state index contributed by atoms with van der Waals surface area (Å²) in [6.45, 7) is 7.81. The highest BCUT2D eigenvalue weighted by molar-refractivity contribution is 5.76. The van der Waals surface area contributed by atoms with E-state index < -0.39 is 0 Å². The second-order valence-electron chi connectivity index (χ2n) is 5.38. The molecule has 0 spiro atoms. The highest BCUT2D eigenvalue weighted by Gasteiger charge is 2.10. The van der Waals surface area contributed by atoms with Crippen molar-refractivity contribution in [1.82, 2.24) is 19.8 Å². The lowest BCUT2D eigenvalue weighted by Gasteiger charge is -2.27. The number of piperazine rings is 1. The molecular formula is C15H22N4. The zero-order valence-corrected chi connectivity index (χ0v) is 11.8. The fourth-order valence-electron chi connectivity index (χ4n) is 2.73. The number of hydrogen-bond acceptors (Lipinski definition) is 3. The molecular weight excluding hydrogens is 236 g/mol. The van der Waals surface area contributed by atoms with Gasteiger partial charge in [-0.3, -0.25) is 0 Å². The maximum Gasteiger partial charge on any atom is 0.106 e. The first-order valence-electron chi connectivity index (χ1n) is 7.09. The molecule has 4 heteroatoms. The van der Waals surface area contributed by atoms with Crippen LogP contribution in [-0.2, 0) is 13.5 Å². The second kappa shape index (κ2) is 5.31. The maximum atomic E-state index is 4.55. The van der Waals surface area contributed by atoms with Gasteiger partial charge in [0.2, 0.25) is 0 Å². The van der Waals surface area contributed by atoms with Crippen LogP contribution in [0.25, 0.3) is 11.0 Å². The Labute approximate surface area is 114 Å². The minimum Gasteiger partial charge on any atom is -0.331 e. The Balaban J connectivity index is 1.72. The van der Waals surface area contributed by atoms with Crippen LogP contribution in [0, 0.1) is 6.92 Å². The number of imidazole rings is 1. The second-order valence-corrected chi connectivity index (χ2v) is 5.38. The minimum absolute atomic E-state index is 1.08. The van der Waals surface area contributed by atoms with Crippen molar-refractivity contribution < 1.29 is 0 Å². The molecule has 102 valence electrons. The number of aryl methyl sites for hydroxylation is 2. The van der Waals surface area contributed by atoms with Crippen LogP contribution in [0.3, 0.4) is 0 Å². The van der Waals surface area contributed by atoms with E-state index in [0.29, 0.717) is 0 Å². The van der Waals surface area contributed by atoms with E-state index in [-0.39, 0.29) is 0 Å². The van der Waals surface area contributed by atoms with Crippen LogP contribution in [0.15, 0.2) is 18.2 Å². The first kappa shape index (κ1) is 12.6. The van der Waals surface area contributed by atoms with E-state index >= 15 is 0 Å². The van der Waals surface area contributed by atoms with E-state index in [9.17, 15) is 0 Å². The molecule has 0 saturated carbocycles. The fourth-order valence-corrected chi connectivity index (χ4v) is 2.73. The molecule has 0 unspecified atom stereocenters. The van der Waals surface area contributed by atoms with Gasteiger partial charge in [-0.05, 0) is 31.0 Å². The van der Waals surface area contributed by atoms with E-state index in [1.165, 1.54) is 24.2 Å². The Morgan fingerprint density at radius 2 is 2.05 bits per heavy atom. The topological polar surface area (TPSA) is 33.1 Å². The van der Waals surface area contributed by atoms with Gasteiger partial charge < -0.3 is 14.8 Å². The van der Waals surface area contributed by atoms with Crippen LogP contribution in [0.5, 0.6) is 0 Å². The SMILES string of the molecule is Cc1nc2ccc(CCN3CCNCC3)cc2n1C. The molecule has 19 heavy (non-hydrogen) atoms. The Hall–Kier alpha value is -1.39. The summed E-state index contributed by atoms with van der Waals surface area (Å²) in [5, 5.41) is 3.39. The summed E-state index contributed by atoms with van der Waals surface area (Å²) in [5.41, 5.74) is 3.76. The Bertz CT molecular complexity index is 567. The molecule has 4 nitrogen and oxygen atoms in total. The van der Waals surface area contributed by atoms with Crippen molar-refractivity contribution in [2.45, 2.75) is 13.3 Å². The van der Waals surface area contributed by atoms with Crippen molar-refractivity contribution in [3.8, 4) is 0 Å². The van der Waals surface area contributed by atoms with E-state index in [0.717, 1.165) is 37.4 Å². The number of rotatable bonds is 3. The van der Waals surface area contributed by atoms with Gasteiger partial charge in [-0.1, -0.05) is 6.07 Å². The quantitative estimate of drug-likeness (QED) is 0.901. The highest BCUT2D eigenvalue weighted by Crippen LogP contribution is 2.17. The predicted octanol–water partition coefficient (Wildman–Crippen LogP) is 1.33.